The third-order valence-electron chi connectivity index (χ3n) is 9.99. The van der Waals surface area contributed by atoms with Crippen LogP contribution in [-0.2, 0) is 32.3 Å². The van der Waals surface area contributed by atoms with Crippen LogP contribution in [0.2, 0.25) is 0 Å². The molecule has 2 N–H and O–H groups in total. The van der Waals surface area contributed by atoms with Gasteiger partial charge in [-0.2, -0.15) is 5.10 Å². The van der Waals surface area contributed by atoms with Crippen molar-refractivity contribution in [3.05, 3.63) is 83.9 Å². The molecular weight excluding hydrogens is 598 g/mol. The molecule has 12 nitrogen and oxygen atoms in total. The molecule has 2 aromatic heterocycles. The molecular formula is C35H43N7O5. The Morgan fingerprint density at radius 1 is 0.979 bits per heavy atom. The second-order valence-electron chi connectivity index (χ2n) is 13.9. The van der Waals surface area contributed by atoms with Crippen LogP contribution in [0.5, 0.6) is 0 Å². The van der Waals surface area contributed by atoms with E-state index in [-0.39, 0.29) is 48.1 Å². The minimum atomic E-state index is -0.950. The Labute approximate surface area is 274 Å². The fourth-order valence-electron chi connectivity index (χ4n) is 6.91. The lowest BCUT2D eigenvalue weighted by Gasteiger charge is -2.50. The SMILES string of the molecule is CNC(=O)[C@@H](NC(=O)C1CN(C(=O)c2cnn(Cc3cccnc3)c2)CC12CN(C(=O)C1CC1(C)C)C2)[C@@H](C)OCc1ccccc1. The molecule has 12 heteroatoms. The van der Waals surface area contributed by atoms with Crippen LogP contribution in [0.4, 0.5) is 0 Å². The van der Waals surface area contributed by atoms with Gasteiger partial charge < -0.3 is 25.2 Å². The normalized spacial score (nSPS) is 21.9. The minimum Gasteiger partial charge on any atom is -0.371 e. The van der Waals surface area contributed by atoms with E-state index in [1.807, 2.05) is 47.4 Å². The van der Waals surface area contributed by atoms with Crippen molar-refractivity contribution in [3.63, 3.8) is 0 Å². The first kappa shape index (κ1) is 32.4. The predicted octanol–water partition coefficient (Wildman–Crippen LogP) is 2.11. The molecule has 4 amide bonds. The first-order chi connectivity index (χ1) is 22.5. The summed E-state index contributed by atoms with van der Waals surface area (Å²) in [6.07, 6.45) is 6.92. The molecule has 2 unspecified atom stereocenters. The topological polar surface area (TPSA) is 139 Å². The molecule has 4 atom stereocenters. The smallest absolute Gasteiger partial charge is 0.257 e. The third-order valence-corrected chi connectivity index (χ3v) is 9.99. The van der Waals surface area contributed by atoms with Crippen LogP contribution < -0.4 is 10.6 Å². The van der Waals surface area contributed by atoms with Crippen molar-refractivity contribution in [1.29, 1.82) is 0 Å². The van der Waals surface area contributed by atoms with Gasteiger partial charge in [-0.15, -0.1) is 0 Å². The lowest BCUT2D eigenvalue weighted by Crippen LogP contribution is -2.65. The first-order valence-electron chi connectivity index (χ1n) is 16.2. The third kappa shape index (κ3) is 6.78. The maximum Gasteiger partial charge on any atom is 0.257 e. The Morgan fingerprint density at radius 2 is 1.68 bits per heavy atom. The molecule has 1 spiro atoms. The van der Waals surface area contributed by atoms with Crippen molar-refractivity contribution >= 4 is 23.6 Å². The van der Waals surface area contributed by atoms with Gasteiger partial charge in [0, 0.05) is 63.2 Å². The predicted molar refractivity (Wildman–Crippen MR) is 173 cm³/mol. The van der Waals surface area contributed by atoms with Crippen LogP contribution in [0.3, 0.4) is 0 Å². The number of carbonyl (C=O) groups excluding carboxylic acids is 4. The molecule has 4 heterocycles. The lowest BCUT2D eigenvalue weighted by molar-refractivity contribution is -0.152. The summed E-state index contributed by atoms with van der Waals surface area (Å²) >= 11 is 0. The highest BCUT2D eigenvalue weighted by molar-refractivity contribution is 5.95. The fraction of sp³-hybridized carbons (Fsp3) is 0.486. The Kier molecular flexibility index (Phi) is 8.88. The summed E-state index contributed by atoms with van der Waals surface area (Å²) in [7, 11) is 1.52. The molecule has 1 aromatic carbocycles. The molecule has 248 valence electrons. The minimum absolute atomic E-state index is 0.0130. The molecule has 1 saturated carbocycles. The summed E-state index contributed by atoms with van der Waals surface area (Å²) in [4.78, 5) is 61.8. The highest BCUT2D eigenvalue weighted by atomic mass is 16.5. The monoisotopic (exact) mass is 641 g/mol. The van der Waals surface area contributed by atoms with E-state index in [9.17, 15) is 19.2 Å². The molecule has 0 radical (unpaired) electrons. The van der Waals surface area contributed by atoms with E-state index in [0.717, 1.165) is 17.5 Å². The van der Waals surface area contributed by atoms with Crippen LogP contribution >= 0.6 is 0 Å². The molecule has 0 bridgehead atoms. The number of nitrogens with zero attached hydrogens (tertiary/aromatic N) is 5. The Morgan fingerprint density at radius 3 is 2.34 bits per heavy atom. The number of nitrogens with one attached hydrogen (secondary N) is 2. The second-order valence-corrected chi connectivity index (χ2v) is 13.9. The summed E-state index contributed by atoms with van der Waals surface area (Å²) in [5, 5.41) is 9.98. The Bertz CT molecular complexity index is 1620. The van der Waals surface area contributed by atoms with E-state index in [0.29, 0.717) is 31.7 Å². The van der Waals surface area contributed by atoms with Gasteiger partial charge in [-0.25, -0.2) is 0 Å². The molecule has 2 saturated heterocycles. The van der Waals surface area contributed by atoms with Gasteiger partial charge in [0.25, 0.3) is 5.91 Å². The van der Waals surface area contributed by atoms with Gasteiger partial charge in [0.1, 0.15) is 6.04 Å². The number of hydrogen-bond acceptors (Lipinski definition) is 7. The number of carbonyl (C=O) groups is 4. The molecule has 47 heavy (non-hydrogen) atoms. The van der Waals surface area contributed by atoms with Crippen molar-refractivity contribution in [2.45, 2.75) is 52.5 Å². The van der Waals surface area contributed by atoms with Crippen LogP contribution in [0, 0.1) is 22.7 Å². The molecule has 3 fully saturated rings. The van der Waals surface area contributed by atoms with E-state index in [1.165, 1.54) is 13.2 Å². The van der Waals surface area contributed by atoms with Crippen LogP contribution in [0.1, 0.15) is 48.7 Å². The largest absolute Gasteiger partial charge is 0.371 e. The van der Waals surface area contributed by atoms with Crippen LogP contribution in [-0.4, -0.2) is 93.6 Å². The first-order valence-corrected chi connectivity index (χ1v) is 16.2. The number of likely N-dealkylation sites (tertiary alicyclic amines) is 2. The van der Waals surface area contributed by atoms with Gasteiger partial charge in [-0.1, -0.05) is 50.2 Å². The number of benzene rings is 1. The maximum atomic E-state index is 14.1. The number of amides is 4. The summed E-state index contributed by atoms with van der Waals surface area (Å²) in [6, 6.07) is 12.5. The Balaban J connectivity index is 1.18. The quantitative estimate of drug-likeness (QED) is 0.327. The number of hydrogen-bond donors (Lipinski definition) is 2. The van der Waals surface area contributed by atoms with E-state index in [4.69, 9.17) is 4.74 Å². The molecule has 1 aliphatic carbocycles. The fourth-order valence-corrected chi connectivity index (χ4v) is 6.91. The van der Waals surface area contributed by atoms with Crippen molar-refractivity contribution in [2.24, 2.45) is 22.7 Å². The van der Waals surface area contributed by atoms with Gasteiger partial charge >= 0.3 is 0 Å². The standard InChI is InChI=1S/C35H43N7O5/c1-23(47-19-24-9-6-5-7-10-24)29(31(44)36-4)39-30(43)28-18-40(20-35(28)21-41(22-35)33(46)27-13-34(27,2)3)32(45)26-15-38-42(17-26)16-25-11-8-12-37-14-25/h5-12,14-15,17,23,27-29H,13,16,18-22H2,1-4H3,(H,36,44)(H,39,43)/t23-,27?,28?,29+/m1/s1. The zero-order valence-corrected chi connectivity index (χ0v) is 27.4. The van der Waals surface area contributed by atoms with E-state index in [1.54, 1.807) is 35.1 Å². The molecule has 6 rings (SSSR count). The van der Waals surface area contributed by atoms with Crippen molar-refractivity contribution in [2.75, 3.05) is 33.2 Å². The second kappa shape index (κ2) is 12.9. The van der Waals surface area contributed by atoms with Crippen molar-refractivity contribution in [3.8, 4) is 0 Å². The van der Waals surface area contributed by atoms with Gasteiger partial charge in [-0.05, 0) is 36.0 Å². The van der Waals surface area contributed by atoms with Gasteiger partial charge in [-0.3, -0.25) is 28.8 Å². The summed E-state index contributed by atoms with van der Waals surface area (Å²) in [6.45, 7) is 7.93. The van der Waals surface area contributed by atoms with Gasteiger partial charge in [0.2, 0.25) is 17.7 Å². The van der Waals surface area contributed by atoms with Crippen LogP contribution in [0.15, 0.2) is 67.3 Å². The molecule has 3 aromatic rings. The summed E-state index contributed by atoms with van der Waals surface area (Å²) in [5.41, 5.74) is 1.69. The van der Waals surface area contributed by atoms with E-state index >= 15 is 0 Å². The average molecular weight is 642 g/mol. The van der Waals surface area contributed by atoms with Crippen molar-refractivity contribution < 1.29 is 23.9 Å². The summed E-state index contributed by atoms with van der Waals surface area (Å²) < 4.78 is 7.71. The maximum absolute atomic E-state index is 14.1. The van der Waals surface area contributed by atoms with E-state index in [2.05, 4.69) is 34.6 Å². The molecule has 2 aliphatic heterocycles. The number of pyridine rings is 1. The van der Waals surface area contributed by atoms with Crippen molar-refractivity contribution in [1.82, 2.24) is 35.2 Å². The highest BCUT2D eigenvalue weighted by Crippen LogP contribution is 2.54. The number of likely N-dealkylation sites (N-methyl/N-ethyl adjacent to an activating group) is 1. The highest BCUT2D eigenvalue weighted by Gasteiger charge is 2.62. The van der Waals surface area contributed by atoms with Gasteiger partial charge in [0.05, 0.1) is 36.9 Å². The summed E-state index contributed by atoms with van der Waals surface area (Å²) in [5.74, 6) is -1.48. The molecule has 3 aliphatic rings. The number of rotatable bonds is 11. The van der Waals surface area contributed by atoms with E-state index < -0.39 is 23.5 Å². The zero-order valence-electron chi connectivity index (χ0n) is 27.4. The van der Waals surface area contributed by atoms with Crippen LogP contribution in [0.25, 0.3) is 0 Å². The number of aromatic nitrogens is 3. The average Bonchev–Trinajstić information content (AvgIpc) is 3.37. The lowest BCUT2D eigenvalue weighted by atomic mass is 9.70. The number of ether oxygens (including phenoxy) is 1. The zero-order chi connectivity index (χ0) is 33.3. The Hall–Kier alpha value is -4.58. The van der Waals surface area contributed by atoms with Gasteiger partial charge in [0.15, 0.2) is 0 Å².